The number of thiophene rings is 1. The van der Waals surface area contributed by atoms with Gasteiger partial charge < -0.3 is 19.8 Å². The first-order valence-corrected chi connectivity index (χ1v) is 15.5. The molecule has 0 saturated carbocycles. The van der Waals surface area contributed by atoms with Crippen molar-refractivity contribution in [2.75, 3.05) is 17.7 Å². The van der Waals surface area contributed by atoms with Crippen LogP contribution >= 0.6 is 23.1 Å². The van der Waals surface area contributed by atoms with Crippen molar-refractivity contribution in [3.05, 3.63) is 100 Å². The van der Waals surface area contributed by atoms with Crippen LogP contribution in [-0.2, 0) is 22.4 Å². The van der Waals surface area contributed by atoms with Crippen molar-refractivity contribution in [3.8, 4) is 0 Å². The molecule has 2 N–H and O–H groups in total. The van der Waals surface area contributed by atoms with Gasteiger partial charge in [-0.1, -0.05) is 57.2 Å². The van der Waals surface area contributed by atoms with Crippen molar-refractivity contribution in [1.82, 2.24) is 0 Å². The van der Waals surface area contributed by atoms with Crippen molar-refractivity contribution in [3.63, 3.8) is 0 Å². The van der Waals surface area contributed by atoms with E-state index in [0.717, 1.165) is 40.2 Å². The second-order valence-electron chi connectivity index (χ2n) is 11.4. The lowest BCUT2D eigenvalue weighted by Crippen LogP contribution is -2.26. The molecule has 1 aliphatic rings. The van der Waals surface area contributed by atoms with Gasteiger partial charge in [0, 0.05) is 15.5 Å². The Labute approximate surface area is 254 Å². The van der Waals surface area contributed by atoms with Crippen molar-refractivity contribution >= 4 is 51.6 Å². The maximum absolute atomic E-state index is 14.0. The van der Waals surface area contributed by atoms with E-state index < -0.39 is 11.2 Å². The van der Waals surface area contributed by atoms with Gasteiger partial charge in [-0.3, -0.25) is 9.59 Å². The molecule has 0 aliphatic heterocycles. The molecule has 2 aromatic carbocycles. The number of nitrogens with one attached hydrogen (secondary N) is 2. The minimum atomic E-state index is -0.617. The van der Waals surface area contributed by atoms with Crippen LogP contribution in [0.3, 0.4) is 0 Å². The number of rotatable bonds is 8. The summed E-state index contributed by atoms with van der Waals surface area (Å²) >= 11 is 2.85. The number of carbonyl (C=O) groups is 3. The van der Waals surface area contributed by atoms with Crippen LogP contribution in [0.5, 0.6) is 0 Å². The number of anilines is 2. The molecule has 0 spiro atoms. The smallest absolute Gasteiger partial charge is 0.341 e. The molecule has 2 heterocycles. The van der Waals surface area contributed by atoms with Gasteiger partial charge in [0.2, 0.25) is 5.91 Å². The minimum absolute atomic E-state index is 0.150. The van der Waals surface area contributed by atoms with Gasteiger partial charge in [-0.05, 0) is 72.1 Å². The van der Waals surface area contributed by atoms with Gasteiger partial charge in [-0.15, -0.1) is 23.1 Å². The zero-order valence-corrected chi connectivity index (χ0v) is 25.7. The summed E-state index contributed by atoms with van der Waals surface area (Å²) in [5.74, 6) is -0.326. The SMILES string of the molecule is COC(=O)c1c(NC(=O)C(Sc2cccc(NC(=O)c3ccco3)c2)c2ccccc2)sc2c1CCC(C(C)(C)C)C2. The molecule has 0 radical (unpaired) electrons. The first kappa shape index (κ1) is 29.7. The van der Waals surface area contributed by atoms with Crippen LogP contribution < -0.4 is 10.6 Å². The molecule has 2 aromatic heterocycles. The third kappa shape index (κ3) is 6.63. The molecule has 5 rings (SSSR count). The summed E-state index contributed by atoms with van der Waals surface area (Å²) in [5.41, 5.74) is 3.02. The van der Waals surface area contributed by atoms with Gasteiger partial charge >= 0.3 is 5.97 Å². The number of esters is 1. The summed E-state index contributed by atoms with van der Waals surface area (Å²) in [7, 11) is 1.37. The third-order valence-electron chi connectivity index (χ3n) is 7.55. The van der Waals surface area contributed by atoms with Crippen molar-refractivity contribution in [2.45, 2.75) is 50.2 Å². The van der Waals surface area contributed by atoms with Crippen molar-refractivity contribution < 1.29 is 23.5 Å². The van der Waals surface area contributed by atoms with Crippen LogP contribution in [0.15, 0.2) is 82.3 Å². The summed E-state index contributed by atoms with van der Waals surface area (Å²) in [6.07, 6.45) is 4.08. The molecule has 0 saturated heterocycles. The fraction of sp³-hybridized carbons (Fsp3) is 0.303. The number of carbonyl (C=O) groups excluding carboxylic acids is 3. The fourth-order valence-electron chi connectivity index (χ4n) is 5.19. The maximum atomic E-state index is 14.0. The second kappa shape index (κ2) is 12.6. The van der Waals surface area contributed by atoms with E-state index in [1.165, 1.54) is 36.5 Å². The summed E-state index contributed by atoms with van der Waals surface area (Å²) in [6.45, 7) is 6.75. The van der Waals surface area contributed by atoms with Gasteiger partial charge in [0.05, 0.1) is 18.9 Å². The number of thioether (sulfide) groups is 1. The van der Waals surface area contributed by atoms with Crippen LogP contribution in [0.4, 0.5) is 10.7 Å². The highest BCUT2D eigenvalue weighted by Gasteiger charge is 2.35. The Morgan fingerprint density at radius 2 is 1.81 bits per heavy atom. The minimum Gasteiger partial charge on any atom is -0.465 e. The second-order valence-corrected chi connectivity index (χ2v) is 13.6. The average Bonchev–Trinajstić information content (AvgIpc) is 3.64. The third-order valence-corrected chi connectivity index (χ3v) is 9.97. The number of benzene rings is 2. The predicted molar refractivity (Wildman–Crippen MR) is 167 cm³/mol. The highest BCUT2D eigenvalue weighted by molar-refractivity contribution is 8.00. The summed E-state index contributed by atoms with van der Waals surface area (Å²) in [4.78, 5) is 41.4. The van der Waals surface area contributed by atoms with E-state index >= 15 is 0 Å². The molecule has 0 bridgehead atoms. The summed E-state index contributed by atoms with van der Waals surface area (Å²) in [5, 5.41) is 5.85. The molecular formula is C33H34N2O5S2. The predicted octanol–water partition coefficient (Wildman–Crippen LogP) is 8.00. The van der Waals surface area contributed by atoms with Crippen LogP contribution in [-0.4, -0.2) is 24.9 Å². The lowest BCUT2D eigenvalue weighted by atomic mass is 9.72. The van der Waals surface area contributed by atoms with E-state index in [1.807, 2.05) is 48.5 Å². The van der Waals surface area contributed by atoms with E-state index in [2.05, 4.69) is 31.4 Å². The van der Waals surface area contributed by atoms with Crippen LogP contribution in [0, 0.1) is 11.3 Å². The Bertz CT molecular complexity index is 1570. The molecule has 2 unspecified atom stereocenters. The van der Waals surface area contributed by atoms with Gasteiger partial charge in [-0.2, -0.15) is 0 Å². The van der Waals surface area contributed by atoms with Gasteiger partial charge in [0.25, 0.3) is 5.91 Å². The zero-order chi connectivity index (χ0) is 29.9. The standard InChI is InChI=1S/C33H34N2O5S2/c1-33(2,3)21-15-16-24-26(18-21)42-31(27(24)32(38)39-4)35-30(37)28(20-10-6-5-7-11-20)41-23-13-8-12-22(19-23)34-29(36)25-14-9-17-40-25/h5-14,17,19,21,28H,15-16,18H2,1-4H3,(H,34,36)(H,35,37). The van der Waals surface area contributed by atoms with Crippen molar-refractivity contribution in [2.24, 2.45) is 11.3 Å². The first-order chi connectivity index (χ1) is 20.1. The molecular weight excluding hydrogens is 569 g/mol. The Morgan fingerprint density at radius 1 is 1.02 bits per heavy atom. The number of ether oxygens (including phenoxy) is 1. The molecule has 4 aromatic rings. The van der Waals surface area contributed by atoms with E-state index in [-0.39, 0.29) is 23.0 Å². The molecule has 42 heavy (non-hydrogen) atoms. The molecule has 9 heteroatoms. The van der Waals surface area contributed by atoms with E-state index in [0.29, 0.717) is 22.2 Å². The van der Waals surface area contributed by atoms with Crippen LogP contribution in [0.1, 0.15) is 69.4 Å². The maximum Gasteiger partial charge on any atom is 0.341 e. The van der Waals surface area contributed by atoms with Crippen LogP contribution in [0.2, 0.25) is 0 Å². The van der Waals surface area contributed by atoms with E-state index in [1.54, 1.807) is 18.2 Å². The molecule has 218 valence electrons. The number of hydrogen-bond acceptors (Lipinski definition) is 7. The molecule has 0 fully saturated rings. The number of methoxy groups -OCH3 is 1. The number of fused-ring (bicyclic) bond motifs is 1. The average molecular weight is 603 g/mol. The van der Waals surface area contributed by atoms with Crippen molar-refractivity contribution in [1.29, 1.82) is 0 Å². The van der Waals surface area contributed by atoms with Crippen LogP contribution in [0.25, 0.3) is 0 Å². The Morgan fingerprint density at radius 3 is 2.50 bits per heavy atom. The Hall–Kier alpha value is -3.82. The van der Waals surface area contributed by atoms with E-state index in [9.17, 15) is 14.4 Å². The summed E-state index contributed by atoms with van der Waals surface area (Å²) < 4.78 is 10.4. The molecule has 7 nitrogen and oxygen atoms in total. The van der Waals surface area contributed by atoms with E-state index in [4.69, 9.17) is 9.15 Å². The molecule has 2 amide bonds. The largest absolute Gasteiger partial charge is 0.465 e. The number of furan rings is 1. The highest BCUT2D eigenvalue weighted by atomic mass is 32.2. The summed E-state index contributed by atoms with van der Waals surface area (Å²) in [6, 6.07) is 20.1. The molecule has 2 atom stereocenters. The van der Waals surface area contributed by atoms with Gasteiger partial charge in [0.1, 0.15) is 10.3 Å². The topological polar surface area (TPSA) is 97.6 Å². The van der Waals surface area contributed by atoms with Gasteiger partial charge in [-0.25, -0.2) is 4.79 Å². The lowest BCUT2D eigenvalue weighted by molar-refractivity contribution is -0.115. The first-order valence-electron chi connectivity index (χ1n) is 13.8. The quantitative estimate of drug-likeness (QED) is 0.157. The molecule has 1 aliphatic carbocycles. The highest BCUT2D eigenvalue weighted by Crippen LogP contribution is 2.45. The monoisotopic (exact) mass is 602 g/mol. The van der Waals surface area contributed by atoms with Gasteiger partial charge in [0.15, 0.2) is 5.76 Å². The fourth-order valence-corrected chi connectivity index (χ4v) is 7.60. The lowest BCUT2D eigenvalue weighted by Gasteiger charge is -2.33. The normalized spacial score (nSPS) is 15.4. The Balaban J connectivity index is 1.42. The Kier molecular flexibility index (Phi) is 8.89. The number of amides is 2. The number of hydrogen-bond donors (Lipinski definition) is 2. The zero-order valence-electron chi connectivity index (χ0n) is 24.1.